The van der Waals surface area contributed by atoms with E-state index < -0.39 is 0 Å². The van der Waals surface area contributed by atoms with Gasteiger partial charge in [0.25, 0.3) is 5.91 Å². The molecule has 0 atom stereocenters. The molecule has 2 heterocycles. The third-order valence-electron chi connectivity index (χ3n) is 3.92. The van der Waals surface area contributed by atoms with E-state index >= 15 is 0 Å². The number of nitrogens with one attached hydrogen (secondary N) is 1. The van der Waals surface area contributed by atoms with Crippen molar-refractivity contribution >= 4 is 16.9 Å². The van der Waals surface area contributed by atoms with Crippen molar-refractivity contribution in [3.05, 3.63) is 36.2 Å². The Bertz CT molecular complexity index is 615. The molecule has 3 rings (SSSR count). The largest absolute Gasteiger partial charge is 0.338 e. The third-order valence-corrected chi connectivity index (χ3v) is 3.92. The van der Waals surface area contributed by atoms with E-state index in [9.17, 15) is 4.79 Å². The van der Waals surface area contributed by atoms with E-state index in [1.807, 2.05) is 30.1 Å². The normalized spacial score (nSPS) is 16.6. The van der Waals surface area contributed by atoms with E-state index in [2.05, 4.69) is 15.3 Å². The molecule has 2 aromatic rings. The minimum atomic E-state index is 0.0608. The molecular formula is C15H18N4O. The second-order valence-corrected chi connectivity index (χ2v) is 5.08. The Morgan fingerprint density at radius 3 is 2.75 bits per heavy atom. The van der Waals surface area contributed by atoms with Gasteiger partial charge in [-0.3, -0.25) is 14.8 Å². The van der Waals surface area contributed by atoms with Gasteiger partial charge in [-0.2, -0.15) is 0 Å². The van der Waals surface area contributed by atoms with Crippen molar-refractivity contribution in [1.82, 2.24) is 20.2 Å². The van der Waals surface area contributed by atoms with Crippen molar-refractivity contribution in [2.75, 3.05) is 20.1 Å². The summed E-state index contributed by atoms with van der Waals surface area (Å²) < 4.78 is 0. The van der Waals surface area contributed by atoms with E-state index in [1.54, 1.807) is 12.4 Å². The van der Waals surface area contributed by atoms with Gasteiger partial charge in [0.15, 0.2) is 0 Å². The van der Waals surface area contributed by atoms with Gasteiger partial charge in [-0.25, -0.2) is 0 Å². The first kappa shape index (κ1) is 13.0. The molecular weight excluding hydrogens is 252 g/mol. The molecule has 5 nitrogen and oxygen atoms in total. The summed E-state index contributed by atoms with van der Waals surface area (Å²) in [5.41, 5.74) is 2.11. The lowest BCUT2D eigenvalue weighted by Gasteiger charge is -2.32. The van der Waals surface area contributed by atoms with Crippen LogP contribution in [0.25, 0.3) is 11.0 Å². The second kappa shape index (κ2) is 5.54. The topological polar surface area (TPSA) is 58.1 Å². The summed E-state index contributed by atoms with van der Waals surface area (Å²) in [6.07, 6.45) is 5.28. The number of rotatable bonds is 2. The standard InChI is InChI=1S/C15H18N4O/c1-16-11-5-9-19(10-6-11)15(20)12-3-2-4-13-14(12)18-8-7-17-13/h2-4,7-8,11,16H,5-6,9-10H2,1H3. The number of para-hydroxylation sites is 1. The first-order valence-electron chi connectivity index (χ1n) is 6.96. The Labute approximate surface area is 118 Å². The summed E-state index contributed by atoms with van der Waals surface area (Å²) in [6, 6.07) is 6.10. The molecule has 1 aromatic heterocycles. The zero-order chi connectivity index (χ0) is 13.9. The predicted molar refractivity (Wildman–Crippen MR) is 77.5 cm³/mol. The summed E-state index contributed by atoms with van der Waals surface area (Å²) in [4.78, 5) is 23.1. The maximum atomic E-state index is 12.6. The minimum absolute atomic E-state index is 0.0608. The van der Waals surface area contributed by atoms with E-state index in [-0.39, 0.29) is 5.91 Å². The molecule has 0 saturated carbocycles. The molecule has 1 aliphatic rings. The van der Waals surface area contributed by atoms with E-state index in [0.29, 0.717) is 17.1 Å². The fraction of sp³-hybridized carbons (Fsp3) is 0.400. The Balaban J connectivity index is 1.86. The number of aromatic nitrogens is 2. The Hall–Kier alpha value is -2.01. The highest BCUT2D eigenvalue weighted by molar-refractivity contribution is 6.04. The Kier molecular flexibility index (Phi) is 3.60. The van der Waals surface area contributed by atoms with Crippen LogP contribution in [0, 0.1) is 0 Å². The van der Waals surface area contributed by atoms with Gasteiger partial charge in [-0.05, 0) is 32.0 Å². The molecule has 0 spiro atoms. The SMILES string of the molecule is CNC1CCN(C(=O)c2cccc3nccnc23)CC1. The highest BCUT2D eigenvalue weighted by Crippen LogP contribution is 2.18. The second-order valence-electron chi connectivity index (χ2n) is 5.08. The van der Waals surface area contributed by atoms with Crippen LogP contribution in [0.4, 0.5) is 0 Å². The maximum Gasteiger partial charge on any atom is 0.256 e. The van der Waals surface area contributed by atoms with Gasteiger partial charge < -0.3 is 10.2 Å². The van der Waals surface area contributed by atoms with Gasteiger partial charge in [0.2, 0.25) is 0 Å². The number of amides is 1. The number of piperidine rings is 1. The van der Waals surface area contributed by atoms with E-state index in [0.717, 1.165) is 31.4 Å². The van der Waals surface area contributed by atoms with Crippen molar-refractivity contribution in [3.63, 3.8) is 0 Å². The van der Waals surface area contributed by atoms with Crippen LogP contribution in [0.5, 0.6) is 0 Å². The molecule has 1 aromatic carbocycles. The van der Waals surface area contributed by atoms with Gasteiger partial charge in [-0.1, -0.05) is 6.07 Å². The zero-order valence-corrected chi connectivity index (χ0v) is 11.5. The van der Waals surface area contributed by atoms with Crippen LogP contribution >= 0.6 is 0 Å². The smallest absolute Gasteiger partial charge is 0.256 e. The molecule has 1 aliphatic heterocycles. The van der Waals surface area contributed by atoms with Crippen LogP contribution in [-0.2, 0) is 0 Å². The number of likely N-dealkylation sites (tertiary alicyclic amines) is 1. The van der Waals surface area contributed by atoms with Gasteiger partial charge in [0, 0.05) is 31.5 Å². The average Bonchev–Trinajstić information content (AvgIpc) is 2.54. The third kappa shape index (κ3) is 2.36. The summed E-state index contributed by atoms with van der Waals surface area (Å²) in [7, 11) is 1.97. The zero-order valence-electron chi connectivity index (χ0n) is 11.5. The van der Waals surface area contributed by atoms with Crippen LogP contribution < -0.4 is 5.32 Å². The lowest BCUT2D eigenvalue weighted by molar-refractivity contribution is 0.0709. The summed E-state index contributed by atoms with van der Waals surface area (Å²) in [5, 5.41) is 3.27. The summed E-state index contributed by atoms with van der Waals surface area (Å²) in [6.45, 7) is 1.59. The summed E-state index contributed by atoms with van der Waals surface area (Å²) >= 11 is 0. The number of carbonyl (C=O) groups excluding carboxylic acids is 1. The number of benzene rings is 1. The van der Waals surface area contributed by atoms with Crippen molar-refractivity contribution < 1.29 is 4.79 Å². The molecule has 104 valence electrons. The van der Waals surface area contributed by atoms with Crippen molar-refractivity contribution in [1.29, 1.82) is 0 Å². The highest BCUT2D eigenvalue weighted by atomic mass is 16.2. The maximum absolute atomic E-state index is 12.6. The van der Waals surface area contributed by atoms with Gasteiger partial charge >= 0.3 is 0 Å². The summed E-state index contributed by atoms with van der Waals surface area (Å²) in [5.74, 6) is 0.0608. The number of hydrogen-bond donors (Lipinski definition) is 1. The van der Waals surface area contributed by atoms with Gasteiger partial charge in [0.05, 0.1) is 11.1 Å². The predicted octanol–water partition coefficient (Wildman–Crippen LogP) is 1.45. The van der Waals surface area contributed by atoms with E-state index in [1.165, 1.54) is 0 Å². The molecule has 1 N–H and O–H groups in total. The Morgan fingerprint density at radius 2 is 2.00 bits per heavy atom. The number of carbonyl (C=O) groups is 1. The lowest BCUT2D eigenvalue weighted by Crippen LogP contribution is -2.44. The molecule has 20 heavy (non-hydrogen) atoms. The fourth-order valence-electron chi connectivity index (χ4n) is 2.71. The van der Waals surface area contributed by atoms with Crippen LogP contribution in [0.3, 0.4) is 0 Å². The Morgan fingerprint density at radius 1 is 1.25 bits per heavy atom. The molecule has 1 saturated heterocycles. The number of nitrogens with zero attached hydrogens (tertiary/aromatic N) is 3. The highest BCUT2D eigenvalue weighted by Gasteiger charge is 2.24. The number of fused-ring (bicyclic) bond motifs is 1. The quantitative estimate of drug-likeness (QED) is 0.897. The lowest BCUT2D eigenvalue weighted by atomic mass is 10.0. The fourth-order valence-corrected chi connectivity index (χ4v) is 2.71. The van der Waals surface area contributed by atoms with Crippen LogP contribution in [0.2, 0.25) is 0 Å². The molecule has 0 bridgehead atoms. The molecule has 0 aliphatic carbocycles. The van der Waals surface area contributed by atoms with Crippen LogP contribution in [0.15, 0.2) is 30.6 Å². The first-order valence-corrected chi connectivity index (χ1v) is 6.96. The van der Waals surface area contributed by atoms with Crippen molar-refractivity contribution in [2.45, 2.75) is 18.9 Å². The first-order chi connectivity index (χ1) is 9.79. The van der Waals surface area contributed by atoms with Crippen LogP contribution in [0.1, 0.15) is 23.2 Å². The van der Waals surface area contributed by atoms with Gasteiger partial charge in [0.1, 0.15) is 5.52 Å². The molecule has 0 radical (unpaired) electrons. The molecule has 1 amide bonds. The van der Waals surface area contributed by atoms with E-state index in [4.69, 9.17) is 0 Å². The molecule has 0 unspecified atom stereocenters. The monoisotopic (exact) mass is 270 g/mol. The minimum Gasteiger partial charge on any atom is -0.338 e. The van der Waals surface area contributed by atoms with Crippen molar-refractivity contribution in [2.24, 2.45) is 0 Å². The van der Waals surface area contributed by atoms with Crippen LogP contribution in [-0.4, -0.2) is 47.0 Å². The number of hydrogen-bond acceptors (Lipinski definition) is 4. The van der Waals surface area contributed by atoms with Crippen molar-refractivity contribution in [3.8, 4) is 0 Å². The van der Waals surface area contributed by atoms with Gasteiger partial charge in [-0.15, -0.1) is 0 Å². The average molecular weight is 270 g/mol. The molecule has 5 heteroatoms. The molecule has 1 fully saturated rings.